The number of rotatable bonds is 7. The molecule has 1 aromatic carbocycles. The Hall–Kier alpha value is -0.870. The molecule has 1 saturated carbocycles. The molecule has 1 aliphatic rings. The number of guanidine groups is 1. The van der Waals surface area contributed by atoms with E-state index in [4.69, 9.17) is 5.73 Å². The van der Waals surface area contributed by atoms with E-state index in [9.17, 15) is 8.42 Å². The summed E-state index contributed by atoms with van der Waals surface area (Å²) in [6.07, 6.45) is 6.08. The van der Waals surface area contributed by atoms with Gasteiger partial charge in [0.05, 0.1) is 11.4 Å². The SMILES string of the molecule is CC(C)CNS(=O)(=O)c1ccc(CN=C(N)NC2CCCCC2)cc1.I. The fourth-order valence-electron chi connectivity index (χ4n) is 2.81. The maximum atomic E-state index is 12.2. The van der Waals surface area contributed by atoms with Gasteiger partial charge in [0.15, 0.2) is 5.96 Å². The van der Waals surface area contributed by atoms with Crippen molar-refractivity contribution < 1.29 is 8.42 Å². The quantitative estimate of drug-likeness (QED) is 0.309. The number of nitrogens with zero attached hydrogens (tertiary/aromatic N) is 1. The zero-order chi connectivity index (χ0) is 18.3. The minimum atomic E-state index is -3.45. The zero-order valence-electron chi connectivity index (χ0n) is 15.6. The highest BCUT2D eigenvalue weighted by Gasteiger charge is 2.14. The maximum absolute atomic E-state index is 12.2. The van der Waals surface area contributed by atoms with Crippen LogP contribution in [0.3, 0.4) is 0 Å². The summed E-state index contributed by atoms with van der Waals surface area (Å²) in [5, 5.41) is 3.27. The van der Waals surface area contributed by atoms with Crippen LogP contribution in [-0.2, 0) is 16.6 Å². The van der Waals surface area contributed by atoms with Crippen LogP contribution in [0.4, 0.5) is 0 Å². The highest BCUT2D eigenvalue weighted by Crippen LogP contribution is 2.17. The number of benzene rings is 1. The third-order valence-electron chi connectivity index (χ3n) is 4.30. The van der Waals surface area contributed by atoms with E-state index >= 15 is 0 Å². The zero-order valence-corrected chi connectivity index (χ0v) is 18.7. The standard InChI is InChI=1S/C18H30N4O2S.HI/c1-14(2)12-21-25(23,24)17-10-8-15(9-11-17)13-20-18(19)22-16-6-4-3-5-7-16;/h8-11,14,16,21H,3-7,12-13H2,1-2H3,(H3,19,20,22);1H. The van der Waals surface area contributed by atoms with Crippen molar-refractivity contribution in [3.63, 3.8) is 0 Å². The number of hydrogen-bond donors (Lipinski definition) is 3. The lowest BCUT2D eigenvalue weighted by molar-refractivity contribution is 0.412. The van der Waals surface area contributed by atoms with Crippen LogP contribution in [0.2, 0.25) is 0 Å². The Morgan fingerprint density at radius 1 is 1.19 bits per heavy atom. The molecule has 0 aliphatic heterocycles. The molecular weight excluding hydrogens is 463 g/mol. The van der Waals surface area contributed by atoms with E-state index in [2.05, 4.69) is 15.0 Å². The van der Waals surface area contributed by atoms with Crippen LogP contribution in [-0.4, -0.2) is 27.0 Å². The molecule has 0 aromatic heterocycles. The molecular formula is C18H31IN4O2S. The second-order valence-electron chi connectivity index (χ2n) is 7.07. The molecule has 0 atom stereocenters. The third-order valence-corrected chi connectivity index (χ3v) is 5.74. The van der Waals surface area contributed by atoms with Gasteiger partial charge in [-0.2, -0.15) is 0 Å². The van der Waals surface area contributed by atoms with Crippen molar-refractivity contribution >= 4 is 40.0 Å². The van der Waals surface area contributed by atoms with Gasteiger partial charge in [-0.15, -0.1) is 24.0 Å². The average molecular weight is 494 g/mol. The van der Waals surface area contributed by atoms with E-state index in [-0.39, 0.29) is 34.8 Å². The lowest BCUT2D eigenvalue weighted by Gasteiger charge is -2.23. The van der Waals surface area contributed by atoms with Crippen molar-refractivity contribution in [2.75, 3.05) is 6.54 Å². The Balaban J connectivity index is 0.00000338. The van der Waals surface area contributed by atoms with Crippen LogP contribution in [0.1, 0.15) is 51.5 Å². The summed E-state index contributed by atoms with van der Waals surface area (Å²) in [5.74, 6) is 0.727. The molecule has 4 N–H and O–H groups in total. The molecule has 6 nitrogen and oxygen atoms in total. The number of nitrogens with one attached hydrogen (secondary N) is 2. The van der Waals surface area contributed by atoms with Crippen LogP contribution < -0.4 is 15.8 Å². The second-order valence-corrected chi connectivity index (χ2v) is 8.84. The summed E-state index contributed by atoms with van der Waals surface area (Å²) >= 11 is 0. The number of aliphatic imine (C=N–C) groups is 1. The van der Waals surface area contributed by atoms with Gasteiger partial charge in [0, 0.05) is 12.6 Å². The molecule has 26 heavy (non-hydrogen) atoms. The van der Waals surface area contributed by atoms with Crippen LogP contribution >= 0.6 is 24.0 Å². The largest absolute Gasteiger partial charge is 0.370 e. The first-order valence-electron chi connectivity index (χ1n) is 9.02. The monoisotopic (exact) mass is 494 g/mol. The van der Waals surface area contributed by atoms with E-state index in [0.29, 0.717) is 25.1 Å². The van der Waals surface area contributed by atoms with Crippen LogP contribution in [0.5, 0.6) is 0 Å². The molecule has 0 spiro atoms. The molecule has 1 fully saturated rings. The summed E-state index contributed by atoms with van der Waals surface area (Å²) in [4.78, 5) is 4.63. The predicted molar refractivity (Wildman–Crippen MR) is 117 cm³/mol. The van der Waals surface area contributed by atoms with Crippen molar-refractivity contribution in [1.29, 1.82) is 0 Å². The van der Waals surface area contributed by atoms with Gasteiger partial charge in [0.25, 0.3) is 0 Å². The summed E-state index contributed by atoms with van der Waals surface area (Å²) in [7, 11) is -3.45. The number of hydrogen-bond acceptors (Lipinski definition) is 3. The van der Waals surface area contributed by atoms with E-state index in [1.165, 1.54) is 19.3 Å². The third kappa shape index (κ3) is 7.79. The van der Waals surface area contributed by atoms with Crippen molar-refractivity contribution in [3.05, 3.63) is 29.8 Å². The van der Waals surface area contributed by atoms with Gasteiger partial charge in [0.1, 0.15) is 0 Å². The Kier molecular flexibility index (Phi) is 9.88. The van der Waals surface area contributed by atoms with Gasteiger partial charge in [-0.3, -0.25) is 0 Å². The highest BCUT2D eigenvalue weighted by molar-refractivity contribution is 14.0. The molecule has 0 radical (unpaired) electrons. The molecule has 8 heteroatoms. The topological polar surface area (TPSA) is 96.6 Å². The van der Waals surface area contributed by atoms with Crippen LogP contribution in [0.15, 0.2) is 34.2 Å². The number of halogens is 1. The second kappa shape index (κ2) is 11.1. The highest BCUT2D eigenvalue weighted by atomic mass is 127. The van der Waals surface area contributed by atoms with E-state index < -0.39 is 10.0 Å². The lowest BCUT2D eigenvalue weighted by Crippen LogP contribution is -2.41. The molecule has 0 amide bonds. The van der Waals surface area contributed by atoms with E-state index in [0.717, 1.165) is 18.4 Å². The van der Waals surface area contributed by atoms with Crippen molar-refractivity contribution in [1.82, 2.24) is 10.0 Å². The minimum Gasteiger partial charge on any atom is -0.370 e. The van der Waals surface area contributed by atoms with Gasteiger partial charge in [0.2, 0.25) is 10.0 Å². The van der Waals surface area contributed by atoms with Crippen molar-refractivity contribution in [2.24, 2.45) is 16.6 Å². The predicted octanol–water partition coefficient (Wildman–Crippen LogP) is 2.98. The van der Waals surface area contributed by atoms with Crippen molar-refractivity contribution in [3.8, 4) is 0 Å². The normalized spacial score (nSPS) is 16.3. The van der Waals surface area contributed by atoms with Crippen LogP contribution in [0, 0.1) is 5.92 Å². The molecule has 0 bridgehead atoms. The molecule has 1 aliphatic carbocycles. The maximum Gasteiger partial charge on any atom is 0.240 e. The average Bonchev–Trinajstić information content (AvgIpc) is 2.59. The minimum absolute atomic E-state index is 0. The molecule has 1 aromatic rings. The first kappa shape index (κ1) is 23.2. The van der Waals surface area contributed by atoms with Gasteiger partial charge in [-0.1, -0.05) is 45.2 Å². The molecule has 0 unspecified atom stereocenters. The molecule has 2 rings (SSSR count). The lowest BCUT2D eigenvalue weighted by atomic mass is 9.96. The Morgan fingerprint density at radius 3 is 2.38 bits per heavy atom. The Morgan fingerprint density at radius 2 is 1.81 bits per heavy atom. The van der Waals surface area contributed by atoms with E-state index in [1.807, 2.05) is 13.8 Å². The van der Waals surface area contributed by atoms with E-state index in [1.54, 1.807) is 24.3 Å². The summed E-state index contributed by atoms with van der Waals surface area (Å²) in [5.41, 5.74) is 6.88. The Labute approximate surface area is 174 Å². The van der Waals surface area contributed by atoms with Gasteiger partial charge in [-0.05, 0) is 36.5 Å². The molecule has 148 valence electrons. The Bertz CT molecular complexity index is 669. The number of sulfonamides is 1. The fraction of sp³-hybridized carbons (Fsp3) is 0.611. The van der Waals surface area contributed by atoms with Crippen LogP contribution in [0.25, 0.3) is 0 Å². The van der Waals surface area contributed by atoms with Gasteiger partial charge in [-0.25, -0.2) is 18.1 Å². The summed E-state index contributed by atoms with van der Waals surface area (Å²) in [6, 6.07) is 7.20. The smallest absolute Gasteiger partial charge is 0.240 e. The van der Waals surface area contributed by atoms with Gasteiger partial charge >= 0.3 is 0 Å². The summed E-state index contributed by atoms with van der Waals surface area (Å²) < 4.78 is 26.9. The molecule has 0 saturated heterocycles. The van der Waals surface area contributed by atoms with Gasteiger partial charge < -0.3 is 11.1 Å². The number of nitrogens with two attached hydrogens (primary N) is 1. The summed E-state index contributed by atoms with van der Waals surface area (Å²) in [6.45, 7) is 4.80. The first-order chi connectivity index (χ1) is 11.9. The molecule has 0 heterocycles. The van der Waals surface area contributed by atoms with Crippen molar-refractivity contribution in [2.45, 2.75) is 63.4 Å². The first-order valence-corrected chi connectivity index (χ1v) is 10.5. The fourth-order valence-corrected chi connectivity index (χ4v) is 4.03.